The van der Waals surface area contributed by atoms with Crippen LogP contribution in [0.4, 0.5) is 5.69 Å². The molecule has 5 heteroatoms. The largest absolute Gasteiger partial charge is 0.491 e. The van der Waals surface area contributed by atoms with Gasteiger partial charge in [-0.1, -0.05) is 19.8 Å². The Bertz CT molecular complexity index is 578. The lowest BCUT2D eigenvalue weighted by molar-refractivity contribution is -0.136. The fourth-order valence-corrected chi connectivity index (χ4v) is 2.15. The molecule has 1 rings (SSSR count). The molecular formula is C18H26N2O3. The Morgan fingerprint density at radius 3 is 2.65 bits per heavy atom. The fraction of sp³-hybridized carbons (Fsp3) is 0.556. The molecule has 0 bridgehead atoms. The second kappa shape index (κ2) is 8.54. The number of unbranched alkanes of at least 4 members (excludes halogenated alkanes) is 1. The number of amides is 1. The van der Waals surface area contributed by atoms with Crippen molar-refractivity contribution in [2.45, 2.75) is 58.7 Å². The van der Waals surface area contributed by atoms with Crippen molar-refractivity contribution >= 4 is 11.6 Å². The molecule has 0 aliphatic heterocycles. The molecular weight excluding hydrogens is 292 g/mol. The molecule has 1 atom stereocenters. The highest BCUT2D eigenvalue weighted by molar-refractivity contribution is 5.98. The zero-order valence-electron chi connectivity index (χ0n) is 14.6. The summed E-state index contributed by atoms with van der Waals surface area (Å²) in [6.45, 7) is 7.66. The Balaban J connectivity index is 2.95. The third-order valence-electron chi connectivity index (χ3n) is 3.67. The number of nitrogens with one attached hydrogen (secondary N) is 1. The van der Waals surface area contributed by atoms with Crippen molar-refractivity contribution in [1.29, 1.82) is 5.26 Å². The maximum absolute atomic E-state index is 12.5. The quantitative estimate of drug-likeness (QED) is 0.789. The van der Waals surface area contributed by atoms with Gasteiger partial charge in [-0.25, -0.2) is 0 Å². The second-order valence-electron chi connectivity index (χ2n) is 5.98. The fourth-order valence-electron chi connectivity index (χ4n) is 2.15. The number of nitriles is 1. The summed E-state index contributed by atoms with van der Waals surface area (Å²) in [7, 11) is 1.53. The van der Waals surface area contributed by atoms with Gasteiger partial charge < -0.3 is 14.8 Å². The van der Waals surface area contributed by atoms with Gasteiger partial charge in [-0.05, 0) is 39.3 Å². The number of ether oxygens (including phenoxy) is 2. The predicted octanol–water partition coefficient (Wildman–Crippen LogP) is 3.88. The zero-order valence-corrected chi connectivity index (χ0v) is 14.6. The molecule has 0 aromatic heterocycles. The lowest BCUT2D eigenvalue weighted by atomic mass is 9.97. The summed E-state index contributed by atoms with van der Waals surface area (Å²) in [5.41, 5.74) is -0.0747. The summed E-state index contributed by atoms with van der Waals surface area (Å²) in [4.78, 5) is 12.5. The molecule has 0 spiro atoms. The van der Waals surface area contributed by atoms with Crippen molar-refractivity contribution in [3.05, 3.63) is 23.8 Å². The van der Waals surface area contributed by atoms with Crippen LogP contribution in [0.15, 0.2) is 18.2 Å². The second-order valence-corrected chi connectivity index (χ2v) is 5.98. The van der Waals surface area contributed by atoms with Crippen LogP contribution < -0.4 is 10.1 Å². The van der Waals surface area contributed by atoms with E-state index < -0.39 is 5.60 Å². The summed E-state index contributed by atoms with van der Waals surface area (Å²) >= 11 is 0. The number of carbonyl (C=O) groups is 1. The number of hydrogen-bond acceptors (Lipinski definition) is 4. The predicted molar refractivity (Wildman–Crippen MR) is 90.5 cm³/mol. The number of methoxy groups -OCH3 is 1. The Kier molecular flexibility index (Phi) is 7.05. The third kappa shape index (κ3) is 5.26. The van der Waals surface area contributed by atoms with Crippen LogP contribution in [-0.4, -0.2) is 24.7 Å². The van der Waals surface area contributed by atoms with Crippen molar-refractivity contribution in [3.8, 4) is 11.8 Å². The molecule has 1 aromatic carbocycles. The van der Waals surface area contributed by atoms with E-state index in [9.17, 15) is 10.1 Å². The SMILES string of the molecule is CCCCC(C)(OC)C(=O)Nc1ccc(OC(C)C)cc1C#N. The van der Waals surface area contributed by atoms with E-state index in [4.69, 9.17) is 9.47 Å². The van der Waals surface area contributed by atoms with Crippen LogP contribution in [0, 0.1) is 11.3 Å². The normalized spacial score (nSPS) is 13.3. The van der Waals surface area contributed by atoms with Crippen molar-refractivity contribution in [2.24, 2.45) is 0 Å². The highest BCUT2D eigenvalue weighted by Crippen LogP contribution is 2.25. The molecule has 1 amide bonds. The Hall–Kier alpha value is -2.06. The minimum atomic E-state index is -0.907. The smallest absolute Gasteiger partial charge is 0.256 e. The first-order valence-corrected chi connectivity index (χ1v) is 7.93. The van der Waals surface area contributed by atoms with Crippen molar-refractivity contribution in [2.75, 3.05) is 12.4 Å². The van der Waals surface area contributed by atoms with Gasteiger partial charge in [0.2, 0.25) is 0 Å². The number of carbonyl (C=O) groups excluding carboxylic acids is 1. The van der Waals surface area contributed by atoms with Gasteiger partial charge in [-0.3, -0.25) is 4.79 Å². The summed E-state index contributed by atoms with van der Waals surface area (Å²) in [5.74, 6) is 0.359. The van der Waals surface area contributed by atoms with E-state index in [0.717, 1.165) is 12.8 Å². The highest BCUT2D eigenvalue weighted by atomic mass is 16.5. The van der Waals surface area contributed by atoms with E-state index in [2.05, 4.69) is 18.3 Å². The van der Waals surface area contributed by atoms with E-state index >= 15 is 0 Å². The van der Waals surface area contributed by atoms with Crippen LogP contribution in [0.3, 0.4) is 0 Å². The standard InChI is InChI=1S/C18H26N2O3/c1-6-7-10-18(4,22-5)17(21)20-16-9-8-15(23-13(2)3)11-14(16)12-19/h8-9,11,13H,6-7,10H2,1-5H3,(H,20,21). The molecule has 0 aliphatic carbocycles. The van der Waals surface area contributed by atoms with Gasteiger partial charge in [0.05, 0.1) is 17.4 Å². The van der Waals surface area contributed by atoms with Crippen LogP contribution in [0.1, 0.15) is 52.5 Å². The average molecular weight is 318 g/mol. The number of hydrogen-bond donors (Lipinski definition) is 1. The Morgan fingerprint density at radius 1 is 1.43 bits per heavy atom. The van der Waals surface area contributed by atoms with Crippen molar-refractivity contribution in [3.63, 3.8) is 0 Å². The molecule has 126 valence electrons. The molecule has 0 aliphatic rings. The Labute approximate surface area is 138 Å². The topological polar surface area (TPSA) is 71.3 Å². The number of benzene rings is 1. The van der Waals surface area contributed by atoms with Gasteiger partial charge in [0, 0.05) is 13.2 Å². The maximum atomic E-state index is 12.5. The maximum Gasteiger partial charge on any atom is 0.256 e. The van der Waals surface area contributed by atoms with Gasteiger partial charge in [0.15, 0.2) is 0 Å². The third-order valence-corrected chi connectivity index (χ3v) is 3.67. The molecule has 0 fully saturated rings. The van der Waals surface area contributed by atoms with Crippen LogP contribution in [0.2, 0.25) is 0 Å². The van der Waals surface area contributed by atoms with Crippen molar-refractivity contribution < 1.29 is 14.3 Å². The van der Waals surface area contributed by atoms with Gasteiger partial charge in [0.25, 0.3) is 5.91 Å². The lowest BCUT2D eigenvalue weighted by Crippen LogP contribution is -2.42. The van der Waals surface area contributed by atoms with E-state index in [-0.39, 0.29) is 12.0 Å². The van der Waals surface area contributed by atoms with Gasteiger partial charge in [-0.15, -0.1) is 0 Å². The first-order chi connectivity index (χ1) is 10.9. The van der Waals surface area contributed by atoms with Crippen LogP contribution in [-0.2, 0) is 9.53 Å². The summed E-state index contributed by atoms with van der Waals surface area (Å²) in [6.07, 6.45) is 2.52. The zero-order chi connectivity index (χ0) is 17.5. The molecule has 0 saturated carbocycles. The number of anilines is 1. The van der Waals surface area contributed by atoms with E-state index in [1.807, 2.05) is 13.8 Å². The monoisotopic (exact) mass is 318 g/mol. The van der Waals surface area contributed by atoms with E-state index in [1.54, 1.807) is 25.1 Å². The highest BCUT2D eigenvalue weighted by Gasteiger charge is 2.32. The number of rotatable bonds is 8. The summed E-state index contributed by atoms with van der Waals surface area (Å²) in [5, 5.41) is 12.1. The van der Waals surface area contributed by atoms with Gasteiger partial charge in [-0.2, -0.15) is 5.26 Å². The number of nitrogens with zero attached hydrogens (tertiary/aromatic N) is 1. The molecule has 0 saturated heterocycles. The molecule has 1 N–H and O–H groups in total. The van der Waals surface area contributed by atoms with Gasteiger partial charge >= 0.3 is 0 Å². The minimum Gasteiger partial charge on any atom is -0.491 e. The minimum absolute atomic E-state index is 0.0211. The first kappa shape index (κ1) is 19.0. The molecule has 0 heterocycles. The van der Waals surface area contributed by atoms with Gasteiger partial charge in [0.1, 0.15) is 17.4 Å². The van der Waals surface area contributed by atoms with Crippen LogP contribution in [0.5, 0.6) is 5.75 Å². The lowest BCUT2D eigenvalue weighted by Gasteiger charge is -2.27. The Morgan fingerprint density at radius 2 is 2.13 bits per heavy atom. The molecule has 5 nitrogen and oxygen atoms in total. The molecule has 23 heavy (non-hydrogen) atoms. The first-order valence-electron chi connectivity index (χ1n) is 7.93. The molecule has 1 aromatic rings. The molecule has 0 radical (unpaired) electrons. The summed E-state index contributed by atoms with van der Waals surface area (Å²) < 4.78 is 11.0. The average Bonchev–Trinajstić information content (AvgIpc) is 2.53. The van der Waals surface area contributed by atoms with E-state index in [1.165, 1.54) is 7.11 Å². The van der Waals surface area contributed by atoms with Crippen LogP contribution >= 0.6 is 0 Å². The van der Waals surface area contributed by atoms with E-state index in [0.29, 0.717) is 23.4 Å². The molecule has 1 unspecified atom stereocenters. The van der Waals surface area contributed by atoms with Crippen LogP contribution in [0.25, 0.3) is 0 Å². The summed E-state index contributed by atoms with van der Waals surface area (Å²) in [6, 6.07) is 7.15. The van der Waals surface area contributed by atoms with Crippen molar-refractivity contribution in [1.82, 2.24) is 0 Å².